The number of ketones is 1. The normalized spacial score (nSPS) is 12.0. The van der Waals surface area contributed by atoms with E-state index in [0.717, 1.165) is 11.4 Å². The molecule has 1 aromatic carbocycles. The molecule has 1 atom stereocenters. The number of aryl methyl sites for hydroxylation is 1. The summed E-state index contributed by atoms with van der Waals surface area (Å²) in [4.78, 5) is 29.5. The number of Topliss-reactive ketones (excluding diaryl/α,β-unsaturated/α-hetero) is 1. The number of aromatic nitrogens is 4. The summed E-state index contributed by atoms with van der Waals surface area (Å²) in [7, 11) is 0. The monoisotopic (exact) mass is 436 g/mol. The van der Waals surface area contributed by atoms with Gasteiger partial charge in [0.1, 0.15) is 11.3 Å². The van der Waals surface area contributed by atoms with E-state index >= 15 is 0 Å². The van der Waals surface area contributed by atoms with Gasteiger partial charge in [-0.3, -0.25) is 14.2 Å². The highest BCUT2D eigenvalue weighted by Gasteiger charge is 2.32. The van der Waals surface area contributed by atoms with Gasteiger partial charge in [0, 0.05) is 16.1 Å². The van der Waals surface area contributed by atoms with E-state index < -0.39 is 11.9 Å². The van der Waals surface area contributed by atoms with Gasteiger partial charge in [0.15, 0.2) is 16.9 Å². The molecule has 0 radical (unpaired) electrons. The lowest BCUT2D eigenvalue weighted by Gasteiger charge is -2.12. The summed E-state index contributed by atoms with van der Waals surface area (Å²) in [6, 6.07) is 7.22. The summed E-state index contributed by atoms with van der Waals surface area (Å²) in [5.41, 5.74) is 1.54. The van der Waals surface area contributed by atoms with Crippen molar-refractivity contribution in [3.63, 3.8) is 0 Å². The molecule has 0 bridgehead atoms. The molecular formula is C18H17ClN4O3S2. The number of carbonyl (C=O) groups is 2. The maximum atomic E-state index is 12.8. The van der Waals surface area contributed by atoms with E-state index in [-0.39, 0.29) is 18.1 Å². The van der Waals surface area contributed by atoms with Gasteiger partial charge in [0.2, 0.25) is 0 Å². The van der Waals surface area contributed by atoms with E-state index in [1.807, 2.05) is 19.1 Å². The zero-order valence-corrected chi connectivity index (χ0v) is 17.6. The number of nitrogens with zero attached hydrogens (tertiary/aromatic N) is 4. The Morgan fingerprint density at radius 2 is 2.21 bits per heavy atom. The molecule has 0 aliphatic carbocycles. The van der Waals surface area contributed by atoms with Crippen molar-refractivity contribution >= 4 is 46.5 Å². The van der Waals surface area contributed by atoms with E-state index in [1.54, 1.807) is 35.3 Å². The highest BCUT2D eigenvalue weighted by atomic mass is 35.5. The number of carbonyl (C=O) groups excluding carboxylic acids is 2. The number of hydrogen-bond donors (Lipinski definition) is 0. The number of esters is 1. The topological polar surface area (TPSA) is 87.0 Å². The van der Waals surface area contributed by atoms with Crippen LogP contribution in [0.15, 0.2) is 41.1 Å². The zero-order chi connectivity index (χ0) is 20.1. The van der Waals surface area contributed by atoms with Crippen LogP contribution in [-0.2, 0) is 14.3 Å². The fourth-order valence-corrected chi connectivity index (χ4v) is 4.37. The molecule has 0 spiro atoms. The van der Waals surface area contributed by atoms with Gasteiger partial charge < -0.3 is 4.74 Å². The molecule has 28 heavy (non-hydrogen) atoms. The molecule has 146 valence electrons. The summed E-state index contributed by atoms with van der Waals surface area (Å²) in [6.07, 6.45) is 1.55. The molecule has 3 aromatic rings. The quantitative estimate of drug-likeness (QED) is 0.302. The first-order valence-corrected chi connectivity index (χ1v) is 10.6. The van der Waals surface area contributed by atoms with Crippen molar-refractivity contribution in [2.45, 2.75) is 24.9 Å². The molecule has 0 aliphatic rings. The van der Waals surface area contributed by atoms with Crippen molar-refractivity contribution in [3.8, 4) is 5.69 Å². The first-order chi connectivity index (χ1) is 13.5. The molecule has 0 amide bonds. The Hall–Kier alpha value is -2.23. The average Bonchev–Trinajstić information content (AvgIpc) is 3.29. The van der Waals surface area contributed by atoms with Crippen LogP contribution in [-0.4, -0.2) is 43.9 Å². The van der Waals surface area contributed by atoms with Gasteiger partial charge in [-0.2, -0.15) is 0 Å². The van der Waals surface area contributed by atoms with Crippen LogP contribution in [0.1, 0.15) is 23.5 Å². The second-order valence-corrected chi connectivity index (χ2v) is 8.00. The smallest absolute Gasteiger partial charge is 0.323 e. The van der Waals surface area contributed by atoms with Crippen LogP contribution in [0.3, 0.4) is 0 Å². The minimum Gasteiger partial charge on any atom is -0.465 e. The number of halogens is 1. The third-order valence-electron chi connectivity index (χ3n) is 3.67. The van der Waals surface area contributed by atoms with Gasteiger partial charge in [0.05, 0.1) is 18.0 Å². The number of ether oxygens (including phenoxy) is 1. The van der Waals surface area contributed by atoms with Gasteiger partial charge in [0.25, 0.3) is 0 Å². The number of thiazole rings is 1. The third-order valence-corrected chi connectivity index (χ3v) is 5.90. The number of rotatable bonds is 8. The Balaban J connectivity index is 1.77. The zero-order valence-electron chi connectivity index (χ0n) is 15.2. The van der Waals surface area contributed by atoms with Crippen LogP contribution in [0.2, 0.25) is 5.02 Å². The second-order valence-electron chi connectivity index (χ2n) is 5.73. The third kappa shape index (κ3) is 4.78. The molecule has 0 saturated carbocycles. The number of benzene rings is 1. The Morgan fingerprint density at radius 1 is 1.39 bits per heavy atom. The van der Waals surface area contributed by atoms with Gasteiger partial charge in [-0.25, -0.2) is 4.98 Å². The predicted molar refractivity (Wildman–Crippen MR) is 108 cm³/mol. The van der Waals surface area contributed by atoms with Gasteiger partial charge >= 0.3 is 5.97 Å². The molecule has 3 rings (SSSR count). The van der Waals surface area contributed by atoms with Crippen molar-refractivity contribution in [1.29, 1.82) is 0 Å². The van der Waals surface area contributed by atoms with Crippen LogP contribution < -0.4 is 0 Å². The molecule has 0 fully saturated rings. The Labute approximate surface area is 175 Å². The number of thioether (sulfide) groups is 1. The molecule has 0 unspecified atom stereocenters. The lowest BCUT2D eigenvalue weighted by molar-refractivity contribution is -0.147. The van der Waals surface area contributed by atoms with Gasteiger partial charge in [-0.15, -0.1) is 21.5 Å². The van der Waals surface area contributed by atoms with E-state index in [9.17, 15) is 9.59 Å². The lowest BCUT2D eigenvalue weighted by atomic mass is 10.1. The fourth-order valence-electron chi connectivity index (χ4n) is 2.45. The van der Waals surface area contributed by atoms with Crippen molar-refractivity contribution in [3.05, 3.63) is 51.7 Å². The van der Waals surface area contributed by atoms with E-state index in [1.165, 1.54) is 23.1 Å². The SMILES string of the molecule is CCOC(=O)[C@@H](C(=O)CSc1nncn1-c1cccc(Cl)c1)c1nc(C)cs1. The minimum absolute atomic E-state index is 0.0291. The largest absolute Gasteiger partial charge is 0.465 e. The summed E-state index contributed by atoms with van der Waals surface area (Å²) in [5, 5.41) is 11.3. The maximum Gasteiger partial charge on any atom is 0.323 e. The number of hydrogen-bond acceptors (Lipinski definition) is 8. The maximum absolute atomic E-state index is 12.8. The predicted octanol–water partition coefficient (Wildman–Crippen LogP) is 3.69. The minimum atomic E-state index is -1.03. The molecule has 0 N–H and O–H groups in total. The Morgan fingerprint density at radius 3 is 2.89 bits per heavy atom. The van der Waals surface area contributed by atoms with Crippen LogP contribution in [0.5, 0.6) is 0 Å². The Kier molecular flexibility index (Phi) is 6.82. The summed E-state index contributed by atoms with van der Waals surface area (Å²) < 4.78 is 6.81. The summed E-state index contributed by atoms with van der Waals surface area (Å²) in [5.74, 6) is -1.88. The van der Waals surface area contributed by atoms with Crippen LogP contribution >= 0.6 is 34.7 Å². The fraction of sp³-hybridized carbons (Fsp3) is 0.278. The molecule has 2 aromatic heterocycles. The molecule has 2 heterocycles. The van der Waals surface area contributed by atoms with E-state index in [0.29, 0.717) is 15.2 Å². The average molecular weight is 437 g/mol. The molecular weight excluding hydrogens is 420 g/mol. The Bertz CT molecular complexity index is 989. The summed E-state index contributed by atoms with van der Waals surface area (Å²) >= 11 is 8.51. The second kappa shape index (κ2) is 9.31. The molecule has 10 heteroatoms. The first-order valence-electron chi connectivity index (χ1n) is 8.39. The molecule has 7 nitrogen and oxygen atoms in total. The van der Waals surface area contributed by atoms with E-state index in [2.05, 4.69) is 15.2 Å². The lowest BCUT2D eigenvalue weighted by Crippen LogP contribution is -2.25. The van der Waals surface area contributed by atoms with Crippen molar-refractivity contribution in [2.24, 2.45) is 0 Å². The highest BCUT2D eigenvalue weighted by Crippen LogP contribution is 2.27. The van der Waals surface area contributed by atoms with Crippen LogP contribution in [0.4, 0.5) is 0 Å². The van der Waals surface area contributed by atoms with Gasteiger partial charge in [-0.05, 0) is 32.0 Å². The summed E-state index contributed by atoms with van der Waals surface area (Å²) in [6.45, 7) is 3.72. The molecule has 0 aliphatic heterocycles. The van der Waals surface area contributed by atoms with Crippen LogP contribution in [0, 0.1) is 6.92 Å². The highest BCUT2D eigenvalue weighted by molar-refractivity contribution is 7.99. The van der Waals surface area contributed by atoms with Crippen molar-refractivity contribution in [1.82, 2.24) is 19.7 Å². The molecule has 0 saturated heterocycles. The van der Waals surface area contributed by atoms with Crippen LogP contribution in [0.25, 0.3) is 5.69 Å². The standard InChI is InChI=1S/C18H17ClN4O3S2/c1-3-26-17(25)15(16-21-11(2)8-27-16)14(24)9-28-18-22-20-10-23(18)13-6-4-5-12(19)7-13/h4-8,10,15H,3,9H2,1-2H3/t15-/m0/s1. The van der Waals surface area contributed by atoms with Crippen molar-refractivity contribution < 1.29 is 14.3 Å². The van der Waals surface area contributed by atoms with Crippen molar-refractivity contribution in [2.75, 3.05) is 12.4 Å². The van der Waals surface area contributed by atoms with E-state index in [4.69, 9.17) is 16.3 Å². The van der Waals surface area contributed by atoms with Gasteiger partial charge in [-0.1, -0.05) is 29.4 Å². The first kappa shape index (κ1) is 20.5.